The summed E-state index contributed by atoms with van der Waals surface area (Å²) >= 11 is 0. The van der Waals surface area contributed by atoms with Crippen LogP contribution in [0.2, 0.25) is 0 Å². The molecule has 0 aromatic carbocycles. The Morgan fingerprint density at radius 2 is 2.24 bits per heavy atom. The molecule has 0 aliphatic carbocycles. The number of anilines is 1. The van der Waals surface area contributed by atoms with E-state index >= 15 is 0 Å². The quantitative estimate of drug-likeness (QED) is 0.904. The van der Waals surface area contributed by atoms with Crippen molar-refractivity contribution < 1.29 is 9.90 Å². The molecule has 0 spiro atoms. The molecule has 1 aliphatic heterocycles. The van der Waals surface area contributed by atoms with E-state index in [9.17, 15) is 9.90 Å². The van der Waals surface area contributed by atoms with E-state index < -0.39 is 5.60 Å². The molecule has 1 fully saturated rings. The maximum Gasteiger partial charge on any atom is 0.270 e. The lowest BCUT2D eigenvalue weighted by Gasteiger charge is -2.41. The summed E-state index contributed by atoms with van der Waals surface area (Å²) < 4.78 is 1.79. The van der Waals surface area contributed by atoms with Crippen molar-refractivity contribution in [3.8, 4) is 0 Å². The second-order valence-corrected chi connectivity index (χ2v) is 6.93. The minimum Gasteiger partial charge on any atom is -0.386 e. The summed E-state index contributed by atoms with van der Waals surface area (Å²) in [7, 11) is 3.58. The lowest BCUT2D eigenvalue weighted by atomic mass is 9.92. The third-order valence-electron chi connectivity index (χ3n) is 4.71. The number of rotatable bonds is 4. The maximum absolute atomic E-state index is 12.6. The average molecular weight is 343 g/mol. The predicted molar refractivity (Wildman–Crippen MR) is 95.5 cm³/mol. The Labute approximate surface area is 147 Å². The van der Waals surface area contributed by atoms with Crippen LogP contribution in [0.25, 0.3) is 0 Å². The van der Waals surface area contributed by atoms with Crippen LogP contribution in [0.1, 0.15) is 29.0 Å². The summed E-state index contributed by atoms with van der Waals surface area (Å²) in [5, 5.41) is 11.1. The summed E-state index contributed by atoms with van der Waals surface area (Å²) in [6.45, 7) is 3.51. The monoisotopic (exact) mass is 343 g/mol. The van der Waals surface area contributed by atoms with Crippen LogP contribution in [-0.2, 0) is 7.05 Å². The van der Waals surface area contributed by atoms with E-state index in [1.54, 1.807) is 28.9 Å². The summed E-state index contributed by atoms with van der Waals surface area (Å²) in [5.74, 6) is 0.734. The lowest BCUT2D eigenvalue weighted by molar-refractivity contribution is -0.000378. The molecule has 7 heteroatoms. The zero-order valence-corrected chi connectivity index (χ0v) is 15.0. The number of hydrogen-bond acceptors (Lipinski definition) is 5. The van der Waals surface area contributed by atoms with Crippen LogP contribution >= 0.6 is 0 Å². The van der Waals surface area contributed by atoms with E-state index in [0.717, 1.165) is 24.5 Å². The molecule has 1 N–H and O–H groups in total. The van der Waals surface area contributed by atoms with Gasteiger partial charge in [-0.2, -0.15) is 0 Å². The van der Waals surface area contributed by atoms with Crippen LogP contribution in [0.3, 0.4) is 0 Å². The Bertz CT molecular complexity index is 759. The molecule has 1 amide bonds. The molecule has 25 heavy (non-hydrogen) atoms. The molecule has 3 rings (SSSR count). The van der Waals surface area contributed by atoms with Crippen LogP contribution < -0.4 is 4.90 Å². The highest BCUT2D eigenvalue weighted by molar-refractivity contribution is 5.92. The first-order valence-corrected chi connectivity index (χ1v) is 8.51. The van der Waals surface area contributed by atoms with Gasteiger partial charge in [0.25, 0.3) is 5.91 Å². The zero-order chi connectivity index (χ0) is 18.0. The van der Waals surface area contributed by atoms with Crippen molar-refractivity contribution >= 4 is 11.7 Å². The van der Waals surface area contributed by atoms with Gasteiger partial charge in [0, 0.05) is 45.1 Å². The number of aryl methyl sites for hydroxylation is 2. The van der Waals surface area contributed by atoms with E-state index in [-0.39, 0.29) is 12.5 Å². The number of carbonyl (C=O) groups excluding carboxylic acids is 1. The van der Waals surface area contributed by atoms with Gasteiger partial charge in [-0.3, -0.25) is 4.79 Å². The second kappa shape index (κ2) is 6.84. The Kier molecular flexibility index (Phi) is 4.76. The third-order valence-corrected chi connectivity index (χ3v) is 4.71. The van der Waals surface area contributed by atoms with E-state index in [1.807, 2.05) is 32.3 Å². The number of aromatic nitrogens is 3. The fourth-order valence-electron chi connectivity index (χ4n) is 3.44. The summed E-state index contributed by atoms with van der Waals surface area (Å²) in [6, 6.07) is 5.56. The molecule has 1 aliphatic rings. The Balaban J connectivity index is 1.70. The van der Waals surface area contributed by atoms with Crippen molar-refractivity contribution in [2.45, 2.75) is 25.4 Å². The van der Waals surface area contributed by atoms with Gasteiger partial charge in [0.15, 0.2) is 0 Å². The third kappa shape index (κ3) is 3.82. The number of likely N-dealkylation sites (N-methyl/N-ethyl adjacent to an activating group) is 1. The number of amides is 1. The SMILES string of the molecule is Cc1cc(N2CCC[C@@](O)(CN(C)C(=O)c3cccn3C)C2)ncn1. The van der Waals surface area contributed by atoms with Crippen molar-refractivity contribution in [2.24, 2.45) is 7.05 Å². The van der Waals surface area contributed by atoms with Gasteiger partial charge in [0.2, 0.25) is 0 Å². The molecule has 0 saturated carbocycles. The topological polar surface area (TPSA) is 74.5 Å². The van der Waals surface area contributed by atoms with Crippen LogP contribution in [0.5, 0.6) is 0 Å². The minimum atomic E-state index is -0.952. The van der Waals surface area contributed by atoms with E-state index in [0.29, 0.717) is 18.7 Å². The summed E-state index contributed by atoms with van der Waals surface area (Å²) in [5.41, 5.74) is 0.562. The van der Waals surface area contributed by atoms with Gasteiger partial charge in [0.1, 0.15) is 17.8 Å². The Morgan fingerprint density at radius 3 is 2.92 bits per heavy atom. The van der Waals surface area contributed by atoms with Crippen LogP contribution in [0.4, 0.5) is 5.82 Å². The first-order valence-electron chi connectivity index (χ1n) is 8.51. The fourth-order valence-corrected chi connectivity index (χ4v) is 3.44. The molecule has 0 bridgehead atoms. The number of β-amino-alcohol motifs (C(OH)–C–C–N with tert-alkyl or cyclic N) is 1. The number of hydrogen-bond donors (Lipinski definition) is 1. The highest BCUT2D eigenvalue weighted by atomic mass is 16.3. The molecule has 1 atom stereocenters. The fraction of sp³-hybridized carbons (Fsp3) is 0.500. The maximum atomic E-state index is 12.6. The van der Waals surface area contributed by atoms with E-state index in [2.05, 4.69) is 14.9 Å². The largest absolute Gasteiger partial charge is 0.386 e. The zero-order valence-electron chi connectivity index (χ0n) is 15.0. The van der Waals surface area contributed by atoms with Crippen LogP contribution in [0, 0.1) is 6.92 Å². The molecule has 2 aromatic heterocycles. The number of carbonyl (C=O) groups is 1. The van der Waals surface area contributed by atoms with Gasteiger partial charge < -0.3 is 19.5 Å². The summed E-state index contributed by atoms with van der Waals surface area (Å²) in [4.78, 5) is 24.7. The normalized spacial score (nSPS) is 20.6. The standard InChI is InChI=1S/C18H25N5O2/c1-14-10-16(20-13-19-14)23-9-5-7-18(25,12-23)11-22(3)17(24)15-6-4-8-21(15)2/h4,6,8,10,13,25H,5,7,9,11-12H2,1-3H3/t18-/m1/s1. The summed E-state index contributed by atoms with van der Waals surface area (Å²) in [6.07, 6.45) is 4.91. The highest BCUT2D eigenvalue weighted by Crippen LogP contribution is 2.26. The van der Waals surface area contributed by atoms with Gasteiger partial charge in [-0.15, -0.1) is 0 Å². The highest BCUT2D eigenvalue weighted by Gasteiger charge is 2.36. The first kappa shape index (κ1) is 17.4. The molecular formula is C18H25N5O2. The number of piperidine rings is 1. The van der Waals surface area contributed by atoms with Gasteiger partial charge in [-0.1, -0.05) is 0 Å². The molecule has 0 unspecified atom stereocenters. The molecule has 2 aromatic rings. The van der Waals surface area contributed by atoms with E-state index in [4.69, 9.17) is 0 Å². The lowest BCUT2D eigenvalue weighted by Crippen LogP contribution is -2.55. The van der Waals surface area contributed by atoms with Crippen LogP contribution in [0.15, 0.2) is 30.7 Å². The molecule has 7 nitrogen and oxygen atoms in total. The van der Waals surface area contributed by atoms with Gasteiger partial charge in [0.05, 0.1) is 12.1 Å². The van der Waals surface area contributed by atoms with Crippen molar-refractivity contribution in [1.82, 2.24) is 19.4 Å². The molecule has 1 saturated heterocycles. The number of nitrogens with zero attached hydrogens (tertiary/aromatic N) is 5. The Hall–Kier alpha value is -2.41. The van der Waals surface area contributed by atoms with Crippen molar-refractivity contribution in [1.29, 1.82) is 0 Å². The minimum absolute atomic E-state index is 0.0871. The van der Waals surface area contributed by atoms with Crippen molar-refractivity contribution in [3.05, 3.63) is 42.1 Å². The van der Waals surface area contributed by atoms with E-state index in [1.165, 1.54) is 0 Å². The van der Waals surface area contributed by atoms with Gasteiger partial charge in [-0.25, -0.2) is 9.97 Å². The van der Waals surface area contributed by atoms with Crippen molar-refractivity contribution in [3.63, 3.8) is 0 Å². The molecule has 134 valence electrons. The molecular weight excluding hydrogens is 318 g/mol. The Morgan fingerprint density at radius 1 is 1.44 bits per heavy atom. The number of aliphatic hydroxyl groups is 1. The smallest absolute Gasteiger partial charge is 0.270 e. The molecule has 0 radical (unpaired) electrons. The predicted octanol–water partition coefficient (Wildman–Crippen LogP) is 1.23. The van der Waals surface area contributed by atoms with Gasteiger partial charge >= 0.3 is 0 Å². The van der Waals surface area contributed by atoms with Crippen molar-refractivity contribution in [2.75, 3.05) is 31.6 Å². The molecule has 3 heterocycles. The first-order chi connectivity index (χ1) is 11.9. The second-order valence-electron chi connectivity index (χ2n) is 6.93. The average Bonchev–Trinajstić information content (AvgIpc) is 2.99. The van der Waals surface area contributed by atoms with Crippen LogP contribution in [-0.4, -0.2) is 62.7 Å². The van der Waals surface area contributed by atoms with Gasteiger partial charge in [-0.05, 0) is 31.9 Å².